The zero-order chi connectivity index (χ0) is 14.2. The third-order valence-corrected chi connectivity index (χ3v) is 4.80. The van der Waals surface area contributed by atoms with Gasteiger partial charge in [0.1, 0.15) is 5.76 Å². The Hall–Kier alpha value is -1.29. The van der Waals surface area contributed by atoms with Gasteiger partial charge in [-0.2, -0.15) is 0 Å². The molecule has 1 saturated heterocycles. The Morgan fingerprint density at radius 3 is 2.90 bits per heavy atom. The summed E-state index contributed by atoms with van der Waals surface area (Å²) in [5.74, 6) is 2.29. The molecule has 0 N–H and O–H groups in total. The van der Waals surface area contributed by atoms with Crippen LogP contribution in [0.4, 0.5) is 0 Å². The average molecular weight is 289 g/mol. The van der Waals surface area contributed by atoms with Crippen LogP contribution >= 0.6 is 0 Å². The van der Waals surface area contributed by atoms with Crippen LogP contribution in [0.2, 0.25) is 0 Å². The lowest BCUT2D eigenvalue weighted by molar-refractivity contribution is -0.00249. The van der Waals surface area contributed by atoms with E-state index >= 15 is 0 Å². The van der Waals surface area contributed by atoms with Gasteiger partial charge < -0.3 is 14.1 Å². The molecule has 1 aromatic rings. The van der Waals surface area contributed by atoms with E-state index in [-0.39, 0.29) is 12.0 Å². The second-order valence-corrected chi connectivity index (χ2v) is 6.76. The van der Waals surface area contributed by atoms with Crippen molar-refractivity contribution in [2.24, 2.45) is 5.92 Å². The molecule has 0 bridgehead atoms. The number of hydrogen-bond donors (Lipinski definition) is 0. The highest BCUT2D eigenvalue weighted by Gasteiger charge is 2.34. The van der Waals surface area contributed by atoms with Crippen molar-refractivity contribution in [2.75, 3.05) is 19.7 Å². The molecule has 2 heterocycles. The highest BCUT2D eigenvalue weighted by Crippen LogP contribution is 2.42. The zero-order valence-electron chi connectivity index (χ0n) is 12.4. The molecule has 0 unspecified atom stereocenters. The average Bonchev–Trinajstić information content (AvgIpc) is 3.44. The van der Waals surface area contributed by atoms with E-state index in [1.54, 1.807) is 6.26 Å². The van der Waals surface area contributed by atoms with Crippen LogP contribution in [0.1, 0.15) is 60.6 Å². The number of carbonyl (C=O) groups excluding carboxylic acids is 1. The highest BCUT2D eigenvalue weighted by molar-refractivity contribution is 5.95. The molecule has 4 nitrogen and oxygen atoms in total. The number of nitrogens with zero attached hydrogens (tertiary/aromatic N) is 1. The lowest BCUT2D eigenvalue weighted by atomic mass is 10.1. The van der Waals surface area contributed by atoms with Crippen molar-refractivity contribution in [2.45, 2.75) is 50.5 Å². The SMILES string of the molecule is O=C(c1ccoc1C1CC1)N1CCC[C@H](OCC2CC2)C1. The molecule has 3 aliphatic rings. The largest absolute Gasteiger partial charge is 0.468 e. The minimum absolute atomic E-state index is 0.130. The van der Waals surface area contributed by atoms with Crippen LogP contribution in [0.3, 0.4) is 0 Å². The second-order valence-electron chi connectivity index (χ2n) is 6.76. The van der Waals surface area contributed by atoms with Crippen molar-refractivity contribution in [1.29, 1.82) is 0 Å². The quantitative estimate of drug-likeness (QED) is 0.836. The molecule has 2 saturated carbocycles. The molecule has 3 fully saturated rings. The molecule has 4 rings (SSSR count). The topological polar surface area (TPSA) is 42.7 Å². The third kappa shape index (κ3) is 3.00. The summed E-state index contributed by atoms with van der Waals surface area (Å²) in [7, 11) is 0. The summed E-state index contributed by atoms with van der Waals surface area (Å²) >= 11 is 0. The lowest BCUT2D eigenvalue weighted by Gasteiger charge is -2.32. The van der Waals surface area contributed by atoms with Gasteiger partial charge >= 0.3 is 0 Å². The third-order valence-electron chi connectivity index (χ3n) is 4.80. The monoisotopic (exact) mass is 289 g/mol. The fraction of sp³-hybridized carbons (Fsp3) is 0.706. The first kappa shape index (κ1) is 13.4. The molecule has 0 aromatic carbocycles. The molecule has 2 aliphatic carbocycles. The van der Waals surface area contributed by atoms with E-state index in [0.717, 1.165) is 62.6 Å². The van der Waals surface area contributed by atoms with Crippen LogP contribution in [0.25, 0.3) is 0 Å². The van der Waals surface area contributed by atoms with Gasteiger partial charge in [0.05, 0.1) is 17.9 Å². The van der Waals surface area contributed by atoms with E-state index < -0.39 is 0 Å². The summed E-state index contributed by atoms with van der Waals surface area (Å²) in [6.07, 6.45) is 8.94. The van der Waals surface area contributed by atoms with Gasteiger partial charge in [0.2, 0.25) is 0 Å². The van der Waals surface area contributed by atoms with E-state index in [0.29, 0.717) is 5.92 Å². The Labute approximate surface area is 125 Å². The van der Waals surface area contributed by atoms with Crippen molar-refractivity contribution in [3.8, 4) is 0 Å². The van der Waals surface area contributed by atoms with Crippen LogP contribution in [-0.2, 0) is 4.74 Å². The predicted molar refractivity (Wildman–Crippen MR) is 78.3 cm³/mol. The Kier molecular flexibility index (Phi) is 3.49. The number of carbonyl (C=O) groups is 1. The van der Waals surface area contributed by atoms with Gasteiger partial charge in [-0.15, -0.1) is 0 Å². The van der Waals surface area contributed by atoms with Crippen LogP contribution < -0.4 is 0 Å². The molecule has 1 atom stereocenters. The van der Waals surface area contributed by atoms with E-state index in [1.165, 1.54) is 12.8 Å². The van der Waals surface area contributed by atoms with Crippen LogP contribution in [-0.4, -0.2) is 36.6 Å². The smallest absolute Gasteiger partial charge is 0.257 e. The summed E-state index contributed by atoms with van der Waals surface area (Å²) in [5, 5.41) is 0. The van der Waals surface area contributed by atoms with Gasteiger partial charge in [-0.05, 0) is 50.5 Å². The van der Waals surface area contributed by atoms with Crippen molar-refractivity contribution in [1.82, 2.24) is 4.90 Å². The van der Waals surface area contributed by atoms with Crippen LogP contribution in [0, 0.1) is 5.92 Å². The number of likely N-dealkylation sites (tertiary alicyclic amines) is 1. The number of amides is 1. The number of rotatable bonds is 5. The molecule has 114 valence electrons. The minimum atomic E-state index is 0.130. The molecular weight excluding hydrogens is 266 g/mol. The van der Waals surface area contributed by atoms with E-state index in [2.05, 4.69) is 0 Å². The summed E-state index contributed by atoms with van der Waals surface area (Å²) in [6.45, 7) is 2.46. The van der Waals surface area contributed by atoms with E-state index in [9.17, 15) is 4.79 Å². The first-order valence-corrected chi connectivity index (χ1v) is 8.29. The van der Waals surface area contributed by atoms with Gasteiger partial charge in [0.25, 0.3) is 5.91 Å². The molecule has 0 spiro atoms. The summed E-state index contributed by atoms with van der Waals surface area (Å²) in [6, 6.07) is 1.84. The number of furan rings is 1. The van der Waals surface area contributed by atoms with Crippen molar-refractivity contribution >= 4 is 5.91 Å². The molecule has 1 amide bonds. The second kappa shape index (κ2) is 5.48. The van der Waals surface area contributed by atoms with Gasteiger partial charge in [0.15, 0.2) is 0 Å². The van der Waals surface area contributed by atoms with E-state index in [1.807, 2.05) is 11.0 Å². The zero-order valence-corrected chi connectivity index (χ0v) is 12.4. The molecule has 1 aliphatic heterocycles. The maximum absolute atomic E-state index is 12.7. The van der Waals surface area contributed by atoms with Crippen LogP contribution in [0.15, 0.2) is 16.7 Å². The standard InChI is InChI=1S/C17H23NO3/c19-17(15-7-9-20-16(15)13-5-6-13)18-8-1-2-14(10-18)21-11-12-3-4-12/h7,9,12-14H,1-6,8,10-11H2/t14-/m0/s1. The van der Waals surface area contributed by atoms with Gasteiger partial charge in [-0.25, -0.2) is 0 Å². The van der Waals surface area contributed by atoms with Gasteiger partial charge in [0, 0.05) is 25.6 Å². The Morgan fingerprint density at radius 1 is 1.29 bits per heavy atom. The molecule has 21 heavy (non-hydrogen) atoms. The Bertz CT molecular complexity index is 516. The number of ether oxygens (including phenoxy) is 1. The fourth-order valence-corrected chi connectivity index (χ4v) is 3.15. The minimum Gasteiger partial charge on any atom is -0.468 e. The van der Waals surface area contributed by atoms with Crippen molar-refractivity contribution in [3.63, 3.8) is 0 Å². The molecular formula is C17H23NO3. The summed E-state index contributed by atoms with van der Waals surface area (Å²) in [4.78, 5) is 14.7. The Morgan fingerprint density at radius 2 is 2.14 bits per heavy atom. The van der Waals surface area contributed by atoms with Crippen LogP contribution in [0.5, 0.6) is 0 Å². The van der Waals surface area contributed by atoms with Gasteiger partial charge in [-0.1, -0.05) is 0 Å². The summed E-state index contributed by atoms with van der Waals surface area (Å²) < 4.78 is 11.5. The fourth-order valence-electron chi connectivity index (χ4n) is 3.15. The first-order valence-electron chi connectivity index (χ1n) is 8.29. The maximum Gasteiger partial charge on any atom is 0.257 e. The molecule has 1 aromatic heterocycles. The predicted octanol–water partition coefficient (Wildman–Crippen LogP) is 3.19. The Balaban J connectivity index is 1.39. The number of piperidine rings is 1. The summed E-state index contributed by atoms with van der Waals surface area (Å²) in [5.41, 5.74) is 0.778. The number of hydrogen-bond acceptors (Lipinski definition) is 3. The molecule has 0 radical (unpaired) electrons. The lowest BCUT2D eigenvalue weighted by Crippen LogP contribution is -2.43. The highest BCUT2D eigenvalue weighted by atomic mass is 16.5. The maximum atomic E-state index is 12.7. The van der Waals surface area contributed by atoms with Gasteiger partial charge in [-0.3, -0.25) is 4.79 Å². The van der Waals surface area contributed by atoms with Crippen molar-refractivity contribution < 1.29 is 13.9 Å². The van der Waals surface area contributed by atoms with Crippen molar-refractivity contribution in [3.05, 3.63) is 23.7 Å². The normalized spacial score (nSPS) is 26.1. The first-order chi connectivity index (χ1) is 10.3. The molecule has 4 heteroatoms. The van der Waals surface area contributed by atoms with E-state index in [4.69, 9.17) is 9.15 Å².